The Labute approximate surface area is 127 Å². The van der Waals surface area contributed by atoms with Crippen LogP contribution in [0.25, 0.3) is 0 Å². The van der Waals surface area contributed by atoms with Gasteiger partial charge in [0.25, 0.3) is 0 Å². The van der Waals surface area contributed by atoms with Gasteiger partial charge in [-0.1, -0.05) is 44.2 Å². The summed E-state index contributed by atoms with van der Waals surface area (Å²) in [5.41, 5.74) is 1.09. The zero-order chi connectivity index (χ0) is 15.3. The van der Waals surface area contributed by atoms with Gasteiger partial charge in [-0.25, -0.2) is 0 Å². The van der Waals surface area contributed by atoms with Crippen LogP contribution >= 0.6 is 0 Å². The van der Waals surface area contributed by atoms with Crippen LogP contribution in [0.1, 0.15) is 46.1 Å². The summed E-state index contributed by atoms with van der Waals surface area (Å²) >= 11 is 0. The second-order valence-corrected chi connectivity index (χ2v) is 8.00. The zero-order valence-corrected chi connectivity index (χ0v) is 13.7. The molecule has 21 heavy (non-hydrogen) atoms. The molecule has 0 aromatic heterocycles. The van der Waals surface area contributed by atoms with Crippen LogP contribution in [0.3, 0.4) is 0 Å². The summed E-state index contributed by atoms with van der Waals surface area (Å²) in [7, 11) is 0. The van der Waals surface area contributed by atoms with Crippen LogP contribution in [0.4, 0.5) is 0 Å². The van der Waals surface area contributed by atoms with Crippen LogP contribution in [0, 0.1) is 5.41 Å². The molecular formula is C18H26O3. The zero-order valence-electron chi connectivity index (χ0n) is 13.7. The first-order valence-electron chi connectivity index (χ1n) is 7.74. The van der Waals surface area contributed by atoms with Gasteiger partial charge in [-0.15, -0.1) is 0 Å². The van der Waals surface area contributed by atoms with Gasteiger partial charge in [-0.2, -0.15) is 0 Å². The SMILES string of the molecule is CC1(C)COC2(OC1)C(OC(C)(C)C)C2c1ccccc1. The fraction of sp³-hybridized carbons (Fsp3) is 0.667. The van der Waals surface area contributed by atoms with E-state index in [0.717, 1.165) is 0 Å². The van der Waals surface area contributed by atoms with E-state index in [1.165, 1.54) is 5.56 Å². The first kappa shape index (κ1) is 15.0. The molecule has 2 unspecified atom stereocenters. The molecule has 1 heterocycles. The maximum Gasteiger partial charge on any atom is 0.205 e. The third kappa shape index (κ3) is 2.87. The molecule has 0 bridgehead atoms. The molecule has 0 amide bonds. The third-order valence-corrected chi connectivity index (χ3v) is 4.04. The third-order valence-electron chi connectivity index (χ3n) is 4.04. The van der Waals surface area contributed by atoms with Crippen LogP contribution in [-0.2, 0) is 14.2 Å². The van der Waals surface area contributed by atoms with Crippen LogP contribution < -0.4 is 0 Å². The van der Waals surface area contributed by atoms with E-state index in [0.29, 0.717) is 13.2 Å². The average Bonchev–Trinajstić information content (AvgIpc) is 2.99. The molecule has 1 aromatic carbocycles. The molecule has 0 N–H and O–H groups in total. The summed E-state index contributed by atoms with van der Waals surface area (Å²) in [5.74, 6) is -0.432. The summed E-state index contributed by atoms with van der Waals surface area (Å²) in [6, 6.07) is 10.4. The van der Waals surface area contributed by atoms with Gasteiger partial charge in [-0.05, 0) is 26.3 Å². The van der Waals surface area contributed by atoms with E-state index in [1.807, 2.05) is 6.07 Å². The first-order valence-corrected chi connectivity index (χ1v) is 7.74. The normalized spacial score (nSPS) is 30.3. The van der Waals surface area contributed by atoms with Gasteiger partial charge in [0.05, 0.1) is 24.7 Å². The van der Waals surface area contributed by atoms with Crippen molar-refractivity contribution >= 4 is 0 Å². The summed E-state index contributed by atoms with van der Waals surface area (Å²) < 4.78 is 18.6. The van der Waals surface area contributed by atoms with Crippen molar-refractivity contribution in [3.05, 3.63) is 35.9 Å². The summed E-state index contributed by atoms with van der Waals surface area (Å²) in [5, 5.41) is 0. The van der Waals surface area contributed by atoms with Crippen molar-refractivity contribution in [3.63, 3.8) is 0 Å². The minimum atomic E-state index is -0.593. The quantitative estimate of drug-likeness (QED) is 0.830. The van der Waals surface area contributed by atoms with Crippen LogP contribution in [-0.4, -0.2) is 30.7 Å². The van der Waals surface area contributed by atoms with E-state index in [-0.39, 0.29) is 23.0 Å². The molecule has 116 valence electrons. The molecule has 1 aliphatic heterocycles. The Morgan fingerprint density at radius 2 is 1.62 bits per heavy atom. The van der Waals surface area contributed by atoms with Gasteiger partial charge in [0.15, 0.2) is 0 Å². The van der Waals surface area contributed by atoms with E-state index >= 15 is 0 Å². The molecular weight excluding hydrogens is 264 g/mol. The Kier molecular flexibility index (Phi) is 3.43. The minimum absolute atomic E-state index is 0.0315. The van der Waals surface area contributed by atoms with Gasteiger partial charge in [0, 0.05) is 5.41 Å². The topological polar surface area (TPSA) is 27.7 Å². The van der Waals surface area contributed by atoms with Gasteiger partial charge < -0.3 is 14.2 Å². The Morgan fingerprint density at radius 3 is 2.14 bits per heavy atom. The van der Waals surface area contributed by atoms with Gasteiger partial charge in [0.1, 0.15) is 6.10 Å². The lowest BCUT2D eigenvalue weighted by Crippen LogP contribution is -2.42. The second kappa shape index (κ2) is 4.80. The highest BCUT2D eigenvalue weighted by atomic mass is 16.7. The molecule has 1 aromatic rings. The van der Waals surface area contributed by atoms with Gasteiger partial charge >= 0.3 is 0 Å². The summed E-state index contributed by atoms with van der Waals surface area (Å²) in [4.78, 5) is 0. The first-order chi connectivity index (χ1) is 9.74. The molecule has 0 radical (unpaired) electrons. The highest BCUT2D eigenvalue weighted by Crippen LogP contribution is 2.60. The molecule has 2 atom stereocenters. The number of hydrogen-bond acceptors (Lipinski definition) is 3. The summed E-state index contributed by atoms with van der Waals surface area (Å²) in [6.07, 6.45) is -0.0315. The highest BCUT2D eigenvalue weighted by Gasteiger charge is 2.72. The van der Waals surface area contributed by atoms with E-state index in [4.69, 9.17) is 14.2 Å². The fourth-order valence-corrected chi connectivity index (χ4v) is 2.96. The molecule has 3 rings (SSSR count). The monoisotopic (exact) mass is 290 g/mol. The number of hydrogen-bond donors (Lipinski definition) is 0. The number of rotatable bonds is 2. The summed E-state index contributed by atoms with van der Waals surface area (Å²) in [6.45, 7) is 12.0. The Hall–Kier alpha value is -0.900. The molecule has 2 aliphatic rings. The van der Waals surface area contributed by atoms with E-state index in [9.17, 15) is 0 Å². The van der Waals surface area contributed by atoms with Crippen molar-refractivity contribution in [1.82, 2.24) is 0 Å². The maximum absolute atomic E-state index is 6.23. The smallest absolute Gasteiger partial charge is 0.205 e. The number of ether oxygens (including phenoxy) is 3. The lowest BCUT2D eigenvalue weighted by molar-refractivity contribution is -0.266. The van der Waals surface area contributed by atoms with Gasteiger partial charge in [0.2, 0.25) is 5.79 Å². The van der Waals surface area contributed by atoms with Crippen molar-refractivity contribution in [2.75, 3.05) is 13.2 Å². The highest BCUT2D eigenvalue weighted by molar-refractivity contribution is 5.35. The van der Waals surface area contributed by atoms with E-state index in [2.05, 4.69) is 58.9 Å². The lowest BCUT2D eigenvalue weighted by Gasteiger charge is -2.36. The molecule has 1 saturated carbocycles. The molecule has 3 nitrogen and oxygen atoms in total. The van der Waals surface area contributed by atoms with Crippen molar-refractivity contribution in [2.24, 2.45) is 5.41 Å². The van der Waals surface area contributed by atoms with Crippen molar-refractivity contribution < 1.29 is 14.2 Å². The average molecular weight is 290 g/mol. The van der Waals surface area contributed by atoms with E-state index < -0.39 is 5.79 Å². The maximum atomic E-state index is 6.23. The minimum Gasteiger partial charge on any atom is -0.366 e. The Morgan fingerprint density at radius 1 is 1.05 bits per heavy atom. The molecule has 1 spiro atoms. The second-order valence-electron chi connectivity index (χ2n) is 8.00. The molecule has 3 heteroatoms. The largest absolute Gasteiger partial charge is 0.366 e. The molecule has 1 aliphatic carbocycles. The standard InChI is InChI=1S/C18H26O3/c1-16(2,3)21-15-14(13-9-7-6-8-10-13)18(15)19-11-17(4,5)12-20-18/h6-10,14-15H,11-12H2,1-5H3. The van der Waals surface area contributed by atoms with Crippen molar-refractivity contribution in [1.29, 1.82) is 0 Å². The number of benzene rings is 1. The predicted molar refractivity (Wildman–Crippen MR) is 82.2 cm³/mol. The van der Waals surface area contributed by atoms with Crippen molar-refractivity contribution in [3.8, 4) is 0 Å². The van der Waals surface area contributed by atoms with E-state index in [1.54, 1.807) is 0 Å². The Bertz CT molecular complexity index is 491. The van der Waals surface area contributed by atoms with Crippen LogP contribution in [0.15, 0.2) is 30.3 Å². The van der Waals surface area contributed by atoms with Gasteiger partial charge in [-0.3, -0.25) is 0 Å². The Balaban J connectivity index is 1.84. The predicted octanol–water partition coefficient (Wildman–Crippen LogP) is 3.74. The fourth-order valence-electron chi connectivity index (χ4n) is 2.96. The molecule has 1 saturated heterocycles. The molecule has 2 fully saturated rings. The van der Waals surface area contributed by atoms with Crippen molar-refractivity contribution in [2.45, 2.75) is 58.0 Å². The lowest BCUT2D eigenvalue weighted by atomic mass is 9.95. The van der Waals surface area contributed by atoms with Crippen LogP contribution in [0.2, 0.25) is 0 Å². The van der Waals surface area contributed by atoms with Crippen LogP contribution in [0.5, 0.6) is 0 Å².